The zero-order valence-corrected chi connectivity index (χ0v) is 9.37. The van der Waals surface area contributed by atoms with Crippen LogP contribution in [0.3, 0.4) is 0 Å². The Labute approximate surface area is 91.4 Å². The molecule has 1 N–H and O–H groups in total. The molecule has 0 fully saturated rings. The standard InChI is InChI=1S/C13H19NO/c1-2-5-11-9-8-10-6-3-4-7-12(15)13(10)14-11/h8-9,12,15H,2-7H2,1H3. The lowest BCUT2D eigenvalue weighted by molar-refractivity contribution is 0.162. The van der Waals surface area contributed by atoms with Gasteiger partial charge in [-0.15, -0.1) is 0 Å². The lowest BCUT2D eigenvalue weighted by Gasteiger charge is -2.11. The molecule has 0 aliphatic heterocycles. The maximum absolute atomic E-state index is 9.97. The first kappa shape index (κ1) is 10.6. The van der Waals surface area contributed by atoms with Gasteiger partial charge < -0.3 is 5.11 Å². The highest BCUT2D eigenvalue weighted by molar-refractivity contribution is 5.26. The molecule has 1 aromatic heterocycles. The van der Waals surface area contributed by atoms with Crippen LogP contribution >= 0.6 is 0 Å². The number of aliphatic hydroxyl groups is 1. The van der Waals surface area contributed by atoms with Crippen LogP contribution in [-0.4, -0.2) is 10.1 Å². The van der Waals surface area contributed by atoms with E-state index in [0.717, 1.165) is 43.5 Å². The van der Waals surface area contributed by atoms with E-state index < -0.39 is 0 Å². The fourth-order valence-corrected chi connectivity index (χ4v) is 2.23. The normalized spacial score (nSPS) is 20.8. The average Bonchev–Trinajstić information content (AvgIpc) is 2.42. The molecular formula is C13H19NO. The Morgan fingerprint density at radius 2 is 2.27 bits per heavy atom. The van der Waals surface area contributed by atoms with Crippen LogP contribution in [0.4, 0.5) is 0 Å². The van der Waals surface area contributed by atoms with E-state index in [0.29, 0.717) is 0 Å². The summed E-state index contributed by atoms with van der Waals surface area (Å²) in [6.07, 6.45) is 6.03. The number of hydrogen-bond acceptors (Lipinski definition) is 2. The number of fused-ring (bicyclic) bond motifs is 1. The first-order valence-corrected chi connectivity index (χ1v) is 5.98. The van der Waals surface area contributed by atoms with Crippen molar-refractivity contribution in [3.8, 4) is 0 Å². The van der Waals surface area contributed by atoms with E-state index in [1.165, 1.54) is 12.0 Å². The molecule has 0 amide bonds. The van der Waals surface area contributed by atoms with Crippen LogP contribution in [0, 0.1) is 0 Å². The predicted octanol–water partition coefficient (Wildman–Crippen LogP) is 2.79. The molecule has 1 atom stereocenters. The second kappa shape index (κ2) is 4.75. The minimum absolute atomic E-state index is 0.334. The smallest absolute Gasteiger partial charge is 0.0962 e. The maximum Gasteiger partial charge on any atom is 0.0962 e. The lowest BCUT2D eigenvalue weighted by atomic mass is 10.1. The van der Waals surface area contributed by atoms with E-state index in [9.17, 15) is 5.11 Å². The molecule has 0 bridgehead atoms. The Hall–Kier alpha value is -0.890. The number of pyridine rings is 1. The van der Waals surface area contributed by atoms with E-state index in [1.807, 2.05) is 0 Å². The van der Waals surface area contributed by atoms with Gasteiger partial charge in [-0.3, -0.25) is 4.98 Å². The van der Waals surface area contributed by atoms with Crippen molar-refractivity contribution >= 4 is 0 Å². The Balaban J connectivity index is 2.31. The molecule has 2 heteroatoms. The summed E-state index contributed by atoms with van der Waals surface area (Å²) in [5.41, 5.74) is 3.32. The number of nitrogens with zero attached hydrogens (tertiary/aromatic N) is 1. The van der Waals surface area contributed by atoms with Gasteiger partial charge in [-0.25, -0.2) is 0 Å². The monoisotopic (exact) mass is 205 g/mol. The Bertz CT molecular complexity index is 335. The van der Waals surface area contributed by atoms with E-state index in [1.54, 1.807) is 0 Å². The molecule has 15 heavy (non-hydrogen) atoms. The summed E-state index contributed by atoms with van der Waals surface area (Å²) in [5.74, 6) is 0. The number of aromatic nitrogens is 1. The molecule has 82 valence electrons. The first-order chi connectivity index (χ1) is 7.31. The van der Waals surface area contributed by atoms with Gasteiger partial charge in [-0.1, -0.05) is 25.8 Å². The molecule has 0 aromatic carbocycles. The van der Waals surface area contributed by atoms with Gasteiger partial charge in [-0.05, 0) is 37.3 Å². The van der Waals surface area contributed by atoms with Crippen molar-refractivity contribution in [3.63, 3.8) is 0 Å². The molecule has 2 nitrogen and oxygen atoms in total. The largest absolute Gasteiger partial charge is 0.387 e. The Kier molecular flexibility index (Phi) is 3.37. The van der Waals surface area contributed by atoms with Crippen LogP contribution in [-0.2, 0) is 12.8 Å². The van der Waals surface area contributed by atoms with Crippen molar-refractivity contribution in [3.05, 3.63) is 29.1 Å². The Morgan fingerprint density at radius 1 is 1.40 bits per heavy atom. The van der Waals surface area contributed by atoms with Crippen LogP contribution in [0.2, 0.25) is 0 Å². The van der Waals surface area contributed by atoms with Gasteiger partial charge in [0.1, 0.15) is 0 Å². The SMILES string of the molecule is CCCc1ccc2c(n1)C(O)CCCC2. The summed E-state index contributed by atoms with van der Waals surface area (Å²) < 4.78 is 0. The molecule has 0 spiro atoms. The first-order valence-electron chi connectivity index (χ1n) is 5.98. The minimum Gasteiger partial charge on any atom is -0.387 e. The number of rotatable bonds is 2. The second-order valence-corrected chi connectivity index (χ2v) is 4.36. The fourth-order valence-electron chi connectivity index (χ4n) is 2.23. The van der Waals surface area contributed by atoms with Crippen molar-refractivity contribution in [1.29, 1.82) is 0 Å². The fraction of sp³-hybridized carbons (Fsp3) is 0.615. The predicted molar refractivity (Wildman–Crippen MR) is 60.7 cm³/mol. The average molecular weight is 205 g/mol. The summed E-state index contributed by atoms with van der Waals surface area (Å²) >= 11 is 0. The van der Waals surface area contributed by atoms with E-state index in [-0.39, 0.29) is 6.10 Å². The van der Waals surface area contributed by atoms with Crippen molar-refractivity contribution in [1.82, 2.24) is 4.98 Å². The topological polar surface area (TPSA) is 33.1 Å². The zero-order chi connectivity index (χ0) is 10.7. The van der Waals surface area contributed by atoms with E-state index in [2.05, 4.69) is 24.0 Å². The molecule has 0 saturated heterocycles. The van der Waals surface area contributed by atoms with Crippen molar-refractivity contribution < 1.29 is 5.11 Å². The summed E-state index contributed by atoms with van der Waals surface area (Å²) in [7, 11) is 0. The molecule has 0 radical (unpaired) electrons. The second-order valence-electron chi connectivity index (χ2n) is 4.36. The van der Waals surface area contributed by atoms with Gasteiger partial charge in [0.15, 0.2) is 0 Å². The van der Waals surface area contributed by atoms with Crippen LogP contribution in [0.15, 0.2) is 12.1 Å². The van der Waals surface area contributed by atoms with Crippen molar-refractivity contribution in [2.24, 2.45) is 0 Å². The van der Waals surface area contributed by atoms with E-state index >= 15 is 0 Å². The maximum atomic E-state index is 9.97. The minimum atomic E-state index is -0.334. The highest BCUT2D eigenvalue weighted by Gasteiger charge is 2.17. The summed E-state index contributed by atoms with van der Waals surface area (Å²) in [6, 6.07) is 4.27. The molecule has 1 heterocycles. The molecule has 0 saturated carbocycles. The number of aryl methyl sites for hydroxylation is 2. The highest BCUT2D eigenvalue weighted by Crippen LogP contribution is 2.27. The van der Waals surface area contributed by atoms with Gasteiger partial charge >= 0.3 is 0 Å². The van der Waals surface area contributed by atoms with Crippen LogP contribution in [0.1, 0.15) is 55.7 Å². The quantitative estimate of drug-likeness (QED) is 0.753. The zero-order valence-electron chi connectivity index (χ0n) is 9.37. The molecule has 1 aliphatic rings. The number of hydrogen-bond donors (Lipinski definition) is 1. The molecule has 1 unspecified atom stereocenters. The van der Waals surface area contributed by atoms with Crippen LogP contribution in [0.25, 0.3) is 0 Å². The lowest BCUT2D eigenvalue weighted by Crippen LogP contribution is -2.04. The summed E-state index contributed by atoms with van der Waals surface area (Å²) in [5, 5.41) is 9.97. The van der Waals surface area contributed by atoms with Crippen molar-refractivity contribution in [2.75, 3.05) is 0 Å². The molecule has 2 rings (SSSR count). The van der Waals surface area contributed by atoms with Gasteiger partial charge in [0.2, 0.25) is 0 Å². The number of aliphatic hydroxyl groups excluding tert-OH is 1. The molecular weight excluding hydrogens is 186 g/mol. The van der Waals surface area contributed by atoms with Crippen LogP contribution < -0.4 is 0 Å². The third-order valence-electron chi connectivity index (χ3n) is 3.07. The molecule has 1 aliphatic carbocycles. The van der Waals surface area contributed by atoms with Gasteiger partial charge in [0.05, 0.1) is 11.8 Å². The van der Waals surface area contributed by atoms with Gasteiger partial charge in [0, 0.05) is 5.69 Å². The summed E-state index contributed by atoms with van der Waals surface area (Å²) in [6.45, 7) is 2.16. The van der Waals surface area contributed by atoms with Gasteiger partial charge in [0.25, 0.3) is 0 Å². The Morgan fingerprint density at radius 3 is 3.07 bits per heavy atom. The third kappa shape index (κ3) is 2.37. The van der Waals surface area contributed by atoms with E-state index in [4.69, 9.17) is 0 Å². The van der Waals surface area contributed by atoms with Gasteiger partial charge in [-0.2, -0.15) is 0 Å². The van der Waals surface area contributed by atoms with Crippen molar-refractivity contribution in [2.45, 2.75) is 51.6 Å². The highest BCUT2D eigenvalue weighted by atomic mass is 16.3. The summed E-state index contributed by atoms with van der Waals surface area (Å²) in [4.78, 5) is 4.59. The van der Waals surface area contributed by atoms with Crippen LogP contribution in [0.5, 0.6) is 0 Å². The third-order valence-corrected chi connectivity index (χ3v) is 3.07. The molecule has 1 aromatic rings.